The molecule has 0 atom stereocenters. The Morgan fingerprint density at radius 1 is 1.29 bits per heavy atom. The van der Waals surface area contributed by atoms with Crippen LogP contribution in [0.4, 0.5) is 10.1 Å². The van der Waals surface area contributed by atoms with Gasteiger partial charge in [0, 0.05) is 5.69 Å². The van der Waals surface area contributed by atoms with E-state index in [1.165, 1.54) is 10.7 Å². The summed E-state index contributed by atoms with van der Waals surface area (Å²) in [6, 6.07) is 12.0. The van der Waals surface area contributed by atoms with Crippen molar-refractivity contribution in [2.75, 3.05) is 5.32 Å². The van der Waals surface area contributed by atoms with Crippen LogP contribution in [0.1, 0.15) is 5.56 Å². The Bertz CT molecular complexity index is 812. The number of carbonyl (C=O) groups is 1. The molecule has 0 fully saturated rings. The van der Waals surface area contributed by atoms with Gasteiger partial charge in [-0.2, -0.15) is 0 Å². The largest absolute Gasteiger partial charge is 0.324 e. The lowest BCUT2D eigenvalue weighted by Gasteiger charge is -2.06. The normalized spacial score (nSPS) is 10.8. The Balaban J connectivity index is 1.75. The number of aromatic nitrogens is 3. The van der Waals surface area contributed by atoms with E-state index in [0.29, 0.717) is 11.3 Å². The van der Waals surface area contributed by atoms with E-state index >= 15 is 0 Å². The lowest BCUT2D eigenvalue weighted by Crippen LogP contribution is -2.19. The monoisotopic (exact) mass is 284 g/mol. The first-order valence-corrected chi connectivity index (χ1v) is 6.48. The van der Waals surface area contributed by atoms with Gasteiger partial charge in [0.25, 0.3) is 0 Å². The number of fused-ring (bicyclic) bond motifs is 1. The molecule has 0 aliphatic heterocycles. The van der Waals surface area contributed by atoms with Gasteiger partial charge in [0.1, 0.15) is 17.9 Å². The first-order valence-electron chi connectivity index (χ1n) is 6.48. The molecule has 2 aromatic carbocycles. The van der Waals surface area contributed by atoms with Gasteiger partial charge >= 0.3 is 0 Å². The van der Waals surface area contributed by atoms with Crippen molar-refractivity contribution in [1.29, 1.82) is 0 Å². The Labute approximate surface area is 120 Å². The molecule has 0 saturated carbocycles. The molecule has 0 saturated heterocycles. The summed E-state index contributed by atoms with van der Waals surface area (Å²) in [6.45, 7) is 1.69. The van der Waals surface area contributed by atoms with Crippen LogP contribution in [0.5, 0.6) is 0 Å². The fourth-order valence-corrected chi connectivity index (χ4v) is 2.04. The molecule has 6 heteroatoms. The molecule has 0 aliphatic carbocycles. The van der Waals surface area contributed by atoms with Crippen LogP contribution in [0.25, 0.3) is 11.0 Å². The highest BCUT2D eigenvalue weighted by Crippen LogP contribution is 2.14. The second-order valence-corrected chi connectivity index (χ2v) is 4.75. The van der Waals surface area contributed by atoms with Gasteiger partial charge in [0.2, 0.25) is 5.91 Å². The van der Waals surface area contributed by atoms with Crippen LogP contribution in [0, 0.1) is 12.7 Å². The fourth-order valence-electron chi connectivity index (χ4n) is 2.04. The third-order valence-corrected chi connectivity index (χ3v) is 3.17. The number of carbonyl (C=O) groups excluding carboxylic acids is 1. The van der Waals surface area contributed by atoms with Crippen molar-refractivity contribution in [3.05, 3.63) is 53.8 Å². The third-order valence-electron chi connectivity index (χ3n) is 3.17. The number of hydrogen-bond donors (Lipinski definition) is 1. The number of rotatable bonds is 3. The van der Waals surface area contributed by atoms with Crippen molar-refractivity contribution in [1.82, 2.24) is 15.0 Å². The summed E-state index contributed by atoms with van der Waals surface area (Å²) in [5.74, 6) is -0.632. The number of nitrogens with zero attached hydrogens (tertiary/aromatic N) is 3. The molecule has 106 valence electrons. The Morgan fingerprint density at radius 2 is 2.10 bits per heavy atom. The van der Waals surface area contributed by atoms with E-state index in [-0.39, 0.29) is 18.3 Å². The number of para-hydroxylation sites is 1. The van der Waals surface area contributed by atoms with E-state index in [2.05, 4.69) is 15.6 Å². The quantitative estimate of drug-likeness (QED) is 0.804. The third kappa shape index (κ3) is 2.74. The Kier molecular flexibility index (Phi) is 3.35. The minimum atomic E-state index is -0.348. The van der Waals surface area contributed by atoms with E-state index in [9.17, 15) is 9.18 Å². The maximum atomic E-state index is 13.4. The minimum Gasteiger partial charge on any atom is -0.324 e. The van der Waals surface area contributed by atoms with Crippen LogP contribution >= 0.6 is 0 Å². The summed E-state index contributed by atoms with van der Waals surface area (Å²) in [5.41, 5.74) is 2.47. The number of nitrogens with one attached hydrogen (secondary N) is 1. The SMILES string of the molecule is Cc1ccc(NC(=O)Cn2nnc3ccccc32)cc1F. The first kappa shape index (κ1) is 13.2. The molecular weight excluding hydrogens is 271 g/mol. The van der Waals surface area contributed by atoms with Gasteiger partial charge in [-0.25, -0.2) is 9.07 Å². The number of hydrogen-bond acceptors (Lipinski definition) is 3. The second kappa shape index (κ2) is 5.32. The molecule has 0 unspecified atom stereocenters. The highest BCUT2D eigenvalue weighted by Gasteiger charge is 2.09. The predicted octanol–water partition coefficient (Wildman–Crippen LogP) is 2.52. The molecule has 3 aromatic rings. The molecule has 1 aromatic heterocycles. The number of benzene rings is 2. The van der Waals surface area contributed by atoms with Gasteiger partial charge in [-0.1, -0.05) is 23.4 Å². The molecule has 0 bridgehead atoms. The lowest BCUT2D eigenvalue weighted by molar-refractivity contribution is -0.116. The molecular formula is C15H13FN4O. The van der Waals surface area contributed by atoms with Crippen molar-refractivity contribution in [3.63, 3.8) is 0 Å². The summed E-state index contributed by atoms with van der Waals surface area (Å²) < 4.78 is 14.9. The highest BCUT2D eigenvalue weighted by molar-refractivity contribution is 5.91. The van der Waals surface area contributed by atoms with Gasteiger partial charge in [-0.3, -0.25) is 4.79 Å². The Morgan fingerprint density at radius 3 is 2.90 bits per heavy atom. The van der Waals surface area contributed by atoms with E-state index in [0.717, 1.165) is 11.0 Å². The van der Waals surface area contributed by atoms with E-state index in [1.54, 1.807) is 19.1 Å². The summed E-state index contributed by atoms with van der Waals surface area (Å²) in [4.78, 5) is 12.0. The van der Waals surface area contributed by atoms with Crippen LogP contribution in [-0.4, -0.2) is 20.9 Å². The van der Waals surface area contributed by atoms with Crippen molar-refractivity contribution in [2.45, 2.75) is 13.5 Å². The van der Waals surface area contributed by atoms with Gasteiger partial charge in [-0.05, 0) is 36.8 Å². The zero-order valence-electron chi connectivity index (χ0n) is 11.4. The standard InChI is InChI=1S/C15H13FN4O/c1-10-6-7-11(8-12(10)16)17-15(21)9-20-14-5-3-2-4-13(14)18-19-20/h2-8H,9H2,1H3,(H,17,21). The number of halogens is 1. The maximum absolute atomic E-state index is 13.4. The van der Waals surface area contributed by atoms with Crippen molar-refractivity contribution in [2.24, 2.45) is 0 Å². The van der Waals surface area contributed by atoms with Gasteiger partial charge in [-0.15, -0.1) is 5.10 Å². The zero-order valence-corrected chi connectivity index (χ0v) is 11.4. The summed E-state index contributed by atoms with van der Waals surface area (Å²) >= 11 is 0. The number of amides is 1. The first-order chi connectivity index (χ1) is 10.1. The van der Waals surface area contributed by atoms with Crippen LogP contribution < -0.4 is 5.32 Å². The molecule has 21 heavy (non-hydrogen) atoms. The van der Waals surface area contributed by atoms with E-state index < -0.39 is 0 Å². The van der Waals surface area contributed by atoms with Gasteiger partial charge in [0.05, 0.1) is 5.52 Å². The zero-order chi connectivity index (χ0) is 14.8. The fraction of sp³-hybridized carbons (Fsp3) is 0.133. The molecule has 1 amide bonds. The Hall–Kier alpha value is -2.76. The van der Waals surface area contributed by atoms with Crippen LogP contribution in [0.3, 0.4) is 0 Å². The van der Waals surface area contributed by atoms with Gasteiger partial charge in [0.15, 0.2) is 0 Å². The topological polar surface area (TPSA) is 59.8 Å². The second-order valence-electron chi connectivity index (χ2n) is 4.75. The van der Waals surface area contributed by atoms with E-state index in [4.69, 9.17) is 0 Å². The van der Waals surface area contributed by atoms with Crippen LogP contribution in [0.15, 0.2) is 42.5 Å². The molecule has 0 spiro atoms. The lowest BCUT2D eigenvalue weighted by atomic mass is 10.2. The highest BCUT2D eigenvalue weighted by atomic mass is 19.1. The molecule has 0 radical (unpaired) electrons. The average Bonchev–Trinajstić information content (AvgIpc) is 2.86. The number of anilines is 1. The van der Waals surface area contributed by atoms with Crippen LogP contribution in [0.2, 0.25) is 0 Å². The molecule has 1 heterocycles. The minimum absolute atomic E-state index is 0.0238. The van der Waals surface area contributed by atoms with E-state index in [1.807, 2.05) is 24.3 Å². The summed E-state index contributed by atoms with van der Waals surface area (Å²) in [5, 5.41) is 10.6. The number of aryl methyl sites for hydroxylation is 1. The predicted molar refractivity (Wildman–Crippen MR) is 77.3 cm³/mol. The molecule has 1 N–H and O–H groups in total. The molecule has 5 nitrogen and oxygen atoms in total. The molecule has 3 rings (SSSR count). The average molecular weight is 284 g/mol. The van der Waals surface area contributed by atoms with Crippen molar-refractivity contribution in [3.8, 4) is 0 Å². The molecule has 0 aliphatic rings. The van der Waals surface area contributed by atoms with Crippen molar-refractivity contribution >= 4 is 22.6 Å². The smallest absolute Gasteiger partial charge is 0.246 e. The summed E-state index contributed by atoms with van der Waals surface area (Å²) in [6.07, 6.45) is 0. The van der Waals surface area contributed by atoms with Gasteiger partial charge < -0.3 is 5.32 Å². The van der Waals surface area contributed by atoms with Crippen LogP contribution in [-0.2, 0) is 11.3 Å². The maximum Gasteiger partial charge on any atom is 0.246 e. The van der Waals surface area contributed by atoms with Crippen molar-refractivity contribution < 1.29 is 9.18 Å². The summed E-state index contributed by atoms with van der Waals surface area (Å²) in [7, 11) is 0.